The molecule has 1 aromatic heterocycles. The quantitative estimate of drug-likeness (QED) is 0.688. The minimum atomic E-state index is -1.09. The third kappa shape index (κ3) is 4.11. The van der Waals surface area contributed by atoms with Crippen molar-refractivity contribution < 1.29 is 18.8 Å². The Morgan fingerprint density at radius 1 is 1.24 bits per heavy atom. The summed E-state index contributed by atoms with van der Waals surface area (Å²) in [7, 11) is 0. The van der Waals surface area contributed by atoms with E-state index in [0.717, 1.165) is 32.1 Å². The average molecular weight is 457 g/mol. The zero-order valence-corrected chi connectivity index (χ0v) is 19.8. The second kappa shape index (κ2) is 8.80. The fraction of sp³-hybridized carbons (Fsp3) is 0.560. The van der Waals surface area contributed by atoms with Crippen molar-refractivity contribution in [3.63, 3.8) is 0 Å². The molecule has 2 N–H and O–H groups in total. The van der Waals surface area contributed by atoms with Crippen molar-refractivity contribution >= 4 is 34.3 Å². The number of carbonyl (C=O) groups is 3. The molecule has 4 rings (SSSR count). The van der Waals surface area contributed by atoms with Gasteiger partial charge < -0.3 is 20.1 Å². The van der Waals surface area contributed by atoms with Gasteiger partial charge in [-0.25, -0.2) is 4.39 Å². The summed E-state index contributed by atoms with van der Waals surface area (Å²) >= 11 is 0. The predicted octanol–water partition coefficient (Wildman–Crippen LogP) is 4.06. The molecule has 33 heavy (non-hydrogen) atoms. The van der Waals surface area contributed by atoms with Crippen molar-refractivity contribution in [1.29, 1.82) is 0 Å². The molecule has 0 bridgehead atoms. The molecule has 2 aliphatic rings. The minimum Gasteiger partial charge on any atom is -0.354 e. The van der Waals surface area contributed by atoms with E-state index in [1.54, 1.807) is 15.5 Å². The molecule has 0 saturated heterocycles. The standard InChI is InChI=1S/C25H33FN4O3/c1-15(2)11-12-27-24(33)25(4)14-29-20-10-9-17(26)13-19(20)21(28-16(3)31)22(29)23(32)30(25)18-7-5-6-8-18/h9-10,13,15,18H,5-8,11-12,14H2,1-4H3,(H,27,33)(H,28,31)/t25-/m0/s1. The number of hydrogen-bond acceptors (Lipinski definition) is 3. The topological polar surface area (TPSA) is 83.4 Å². The minimum absolute atomic E-state index is 0.0491. The smallest absolute Gasteiger partial charge is 0.273 e. The van der Waals surface area contributed by atoms with Gasteiger partial charge in [0, 0.05) is 24.9 Å². The fourth-order valence-electron chi connectivity index (χ4n) is 5.32. The Morgan fingerprint density at radius 2 is 1.94 bits per heavy atom. The average Bonchev–Trinajstić information content (AvgIpc) is 3.34. The lowest BCUT2D eigenvalue weighted by molar-refractivity contribution is -0.134. The molecule has 8 heteroatoms. The molecule has 1 aromatic carbocycles. The van der Waals surface area contributed by atoms with Gasteiger partial charge in [-0.3, -0.25) is 14.4 Å². The summed E-state index contributed by atoms with van der Waals surface area (Å²) in [5.41, 5.74) is 0.150. The van der Waals surface area contributed by atoms with E-state index in [0.29, 0.717) is 34.7 Å². The Balaban J connectivity index is 1.85. The predicted molar refractivity (Wildman–Crippen MR) is 125 cm³/mol. The van der Waals surface area contributed by atoms with Gasteiger partial charge in [0.25, 0.3) is 5.91 Å². The molecule has 1 atom stereocenters. The summed E-state index contributed by atoms with van der Waals surface area (Å²) < 4.78 is 15.9. The fourth-order valence-corrected chi connectivity index (χ4v) is 5.32. The monoisotopic (exact) mass is 456 g/mol. The van der Waals surface area contributed by atoms with Gasteiger partial charge in [0.15, 0.2) is 0 Å². The molecule has 0 unspecified atom stereocenters. The highest BCUT2D eigenvalue weighted by molar-refractivity contribution is 6.14. The first kappa shape index (κ1) is 23.3. The number of fused-ring (bicyclic) bond motifs is 3. The largest absolute Gasteiger partial charge is 0.354 e. The van der Waals surface area contributed by atoms with E-state index in [-0.39, 0.29) is 30.3 Å². The van der Waals surface area contributed by atoms with Crippen LogP contribution in [0.3, 0.4) is 0 Å². The Morgan fingerprint density at radius 3 is 2.58 bits per heavy atom. The van der Waals surface area contributed by atoms with Gasteiger partial charge in [-0.15, -0.1) is 0 Å². The maximum atomic E-state index is 14.1. The second-order valence-corrected chi connectivity index (χ2v) is 9.98. The van der Waals surface area contributed by atoms with Crippen LogP contribution in [0.5, 0.6) is 0 Å². The lowest BCUT2D eigenvalue weighted by Gasteiger charge is -2.47. The van der Waals surface area contributed by atoms with E-state index in [1.807, 2.05) is 6.92 Å². The summed E-state index contributed by atoms with van der Waals surface area (Å²) in [6, 6.07) is 4.22. The zero-order chi connectivity index (χ0) is 23.9. The van der Waals surface area contributed by atoms with Gasteiger partial charge in [-0.1, -0.05) is 26.7 Å². The zero-order valence-electron chi connectivity index (χ0n) is 19.8. The van der Waals surface area contributed by atoms with Crippen molar-refractivity contribution in [3.05, 3.63) is 29.7 Å². The van der Waals surface area contributed by atoms with Gasteiger partial charge >= 0.3 is 0 Å². The molecule has 178 valence electrons. The first-order valence-electron chi connectivity index (χ1n) is 11.8. The summed E-state index contributed by atoms with van der Waals surface area (Å²) in [5.74, 6) is -0.817. The number of rotatable bonds is 6. The number of hydrogen-bond donors (Lipinski definition) is 2. The maximum Gasteiger partial charge on any atom is 0.273 e. The van der Waals surface area contributed by atoms with Crippen LogP contribution in [0.15, 0.2) is 18.2 Å². The van der Waals surface area contributed by atoms with Crippen molar-refractivity contribution in [3.8, 4) is 0 Å². The van der Waals surface area contributed by atoms with Gasteiger partial charge in [-0.2, -0.15) is 0 Å². The molecular formula is C25H33FN4O3. The first-order valence-corrected chi connectivity index (χ1v) is 11.8. The molecule has 7 nitrogen and oxygen atoms in total. The number of benzene rings is 1. The summed E-state index contributed by atoms with van der Waals surface area (Å²) in [6.45, 7) is 8.17. The summed E-state index contributed by atoms with van der Waals surface area (Å²) in [6.07, 6.45) is 4.54. The number of carbonyl (C=O) groups excluding carboxylic acids is 3. The van der Waals surface area contributed by atoms with Crippen molar-refractivity contribution in [2.24, 2.45) is 5.92 Å². The van der Waals surface area contributed by atoms with E-state index < -0.39 is 11.4 Å². The first-order chi connectivity index (χ1) is 15.6. The molecule has 1 aliphatic carbocycles. The van der Waals surface area contributed by atoms with Gasteiger partial charge in [0.2, 0.25) is 11.8 Å². The summed E-state index contributed by atoms with van der Waals surface area (Å²) in [4.78, 5) is 41.3. The second-order valence-electron chi connectivity index (χ2n) is 9.98. The number of halogens is 1. The van der Waals surface area contributed by atoms with Crippen LogP contribution in [0.4, 0.5) is 10.1 Å². The Labute approximate surface area is 193 Å². The Kier molecular flexibility index (Phi) is 6.20. The number of nitrogens with zero attached hydrogens (tertiary/aromatic N) is 2. The van der Waals surface area contributed by atoms with E-state index in [1.165, 1.54) is 19.1 Å². The molecule has 2 heterocycles. The normalized spacial score (nSPS) is 21.0. The number of amides is 3. The lowest BCUT2D eigenvalue weighted by atomic mass is 9.91. The molecular weight excluding hydrogens is 423 g/mol. The van der Waals surface area contributed by atoms with Crippen LogP contribution in [0.2, 0.25) is 0 Å². The third-order valence-electron chi connectivity index (χ3n) is 6.93. The maximum absolute atomic E-state index is 14.1. The lowest BCUT2D eigenvalue weighted by Crippen LogP contribution is -2.66. The molecule has 3 amide bonds. The molecule has 0 spiro atoms. The van der Waals surface area contributed by atoms with Crippen LogP contribution in [0.1, 0.15) is 70.3 Å². The van der Waals surface area contributed by atoms with Gasteiger partial charge in [0.05, 0.1) is 17.7 Å². The Bertz CT molecular complexity index is 1100. The molecule has 0 radical (unpaired) electrons. The van der Waals surface area contributed by atoms with E-state index in [2.05, 4.69) is 24.5 Å². The highest BCUT2D eigenvalue weighted by atomic mass is 19.1. The van der Waals surface area contributed by atoms with E-state index in [4.69, 9.17) is 0 Å². The van der Waals surface area contributed by atoms with Crippen LogP contribution >= 0.6 is 0 Å². The van der Waals surface area contributed by atoms with Gasteiger partial charge in [0.1, 0.15) is 17.1 Å². The molecule has 1 fully saturated rings. The Hall–Kier alpha value is -2.90. The molecule has 1 saturated carbocycles. The van der Waals surface area contributed by atoms with E-state index in [9.17, 15) is 18.8 Å². The van der Waals surface area contributed by atoms with Crippen molar-refractivity contribution in [2.45, 2.75) is 77.9 Å². The number of anilines is 1. The SMILES string of the molecule is CC(=O)Nc1c2n(c3ccc(F)cc13)C[C@@](C)(C(=O)NCCC(C)C)N(C1CCCC1)C2=O. The van der Waals surface area contributed by atoms with E-state index >= 15 is 0 Å². The number of nitrogens with one attached hydrogen (secondary N) is 2. The molecule has 1 aliphatic heterocycles. The van der Waals surface area contributed by atoms with Crippen molar-refractivity contribution in [2.75, 3.05) is 11.9 Å². The third-order valence-corrected chi connectivity index (χ3v) is 6.93. The van der Waals surface area contributed by atoms with Crippen molar-refractivity contribution in [1.82, 2.24) is 14.8 Å². The number of aromatic nitrogens is 1. The van der Waals surface area contributed by atoms with Crippen LogP contribution in [0, 0.1) is 11.7 Å². The molecule has 2 aromatic rings. The van der Waals surface area contributed by atoms with Crippen LogP contribution in [-0.4, -0.2) is 45.3 Å². The van der Waals surface area contributed by atoms with Gasteiger partial charge in [-0.05, 0) is 50.3 Å². The summed E-state index contributed by atoms with van der Waals surface area (Å²) in [5, 5.41) is 6.27. The van der Waals surface area contributed by atoms with Crippen LogP contribution in [0.25, 0.3) is 10.9 Å². The highest BCUT2D eigenvalue weighted by Gasteiger charge is 2.51. The van der Waals surface area contributed by atoms with Crippen LogP contribution < -0.4 is 10.6 Å². The van der Waals surface area contributed by atoms with Crippen LogP contribution in [-0.2, 0) is 16.1 Å². The highest BCUT2D eigenvalue weighted by Crippen LogP contribution is 2.42.